The smallest absolute Gasteiger partial charge is 0.326 e. The summed E-state index contributed by atoms with van der Waals surface area (Å²) in [6.45, 7) is 0.663. The van der Waals surface area contributed by atoms with Crippen LogP contribution in [0.1, 0.15) is 44.9 Å². The average molecular weight is 294 g/mol. The van der Waals surface area contributed by atoms with E-state index in [0.717, 1.165) is 32.1 Å². The SMILES string of the molecule is O=C(O)[C@@H]1C[C@@H]2CCCC[C@@H]2N1C(=O)CN1CCCC1=O. The van der Waals surface area contributed by atoms with Gasteiger partial charge in [0.15, 0.2) is 0 Å². The number of amides is 2. The minimum absolute atomic E-state index is 0.00890. The zero-order valence-electron chi connectivity index (χ0n) is 12.2. The molecular weight excluding hydrogens is 272 g/mol. The number of fused-ring (bicyclic) bond motifs is 1. The van der Waals surface area contributed by atoms with Crippen LogP contribution in [0.15, 0.2) is 0 Å². The summed E-state index contributed by atoms with van der Waals surface area (Å²) in [5.74, 6) is -0.773. The van der Waals surface area contributed by atoms with Gasteiger partial charge in [0, 0.05) is 19.0 Å². The van der Waals surface area contributed by atoms with Crippen molar-refractivity contribution < 1.29 is 19.5 Å². The molecule has 1 N–H and O–H groups in total. The Labute approximate surface area is 124 Å². The third kappa shape index (κ3) is 2.63. The van der Waals surface area contributed by atoms with Crippen LogP contribution in [0.2, 0.25) is 0 Å². The van der Waals surface area contributed by atoms with Gasteiger partial charge >= 0.3 is 5.97 Å². The van der Waals surface area contributed by atoms with Gasteiger partial charge in [0.1, 0.15) is 6.04 Å². The molecule has 2 amide bonds. The Bertz CT molecular complexity index is 465. The monoisotopic (exact) mass is 294 g/mol. The highest BCUT2D eigenvalue weighted by atomic mass is 16.4. The molecular formula is C15H22N2O4. The molecule has 2 heterocycles. The van der Waals surface area contributed by atoms with Gasteiger partial charge in [0.25, 0.3) is 0 Å². The molecule has 1 saturated carbocycles. The van der Waals surface area contributed by atoms with Crippen LogP contribution < -0.4 is 0 Å². The Balaban J connectivity index is 1.74. The van der Waals surface area contributed by atoms with E-state index in [9.17, 15) is 19.5 Å². The van der Waals surface area contributed by atoms with E-state index in [2.05, 4.69) is 0 Å². The van der Waals surface area contributed by atoms with Gasteiger partial charge in [-0.05, 0) is 31.6 Å². The summed E-state index contributed by atoms with van der Waals surface area (Å²) in [4.78, 5) is 38.9. The molecule has 2 saturated heterocycles. The van der Waals surface area contributed by atoms with E-state index < -0.39 is 12.0 Å². The lowest BCUT2D eigenvalue weighted by molar-refractivity contribution is -0.151. The Morgan fingerprint density at radius 3 is 2.62 bits per heavy atom. The zero-order valence-corrected chi connectivity index (χ0v) is 12.2. The highest BCUT2D eigenvalue weighted by molar-refractivity contribution is 5.89. The van der Waals surface area contributed by atoms with Crippen LogP contribution in [0.3, 0.4) is 0 Å². The molecule has 0 unspecified atom stereocenters. The van der Waals surface area contributed by atoms with E-state index in [1.54, 1.807) is 9.80 Å². The minimum atomic E-state index is -0.912. The molecule has 3 rings (SSSR count). The van der Waals surface area contributed by atoms with E-state index >= 15 is 0 Å². The predicted octanol–water partition coefficient (Wildman–Crippen LogP) is 0.853. The normalized spacial score (nSPS) is 32.4. The summed E-state index contributed by atoms with van der Waals surface area (Å²) in [5, 5.41) is 9.42. The Hall–Kier alpha value is -1.59. The minimum Gasteiger partial charge on any atom is -0.480 e. The first-order chi connectivity index (χ1) is 10.1. The van der Waals surface area contributed by atoms with Crippen molar-refractivity contribution in [2.45, 2.75) is 57.0 Å². The zero-order chi connectivity index (χ0) is 15.0. The molecule has 3 atom stereocenters. The van der Waals surface area contributed by atoms with Crippen molar-refractivity contribution in [2.24, 2.45) is 5.92 Å². The second-order valence-electron chi connectivity index (χ2n) is 6.42. The number of carboxylic acids is 1. The number of aliphatic carboxylic acids is 1. The summed E-state index contributed by atoms with van der Waals surface area (Å²) in [6, 6.07) is -0.645. The number of likely N-dealkylation sites (tertiary alicyclic amines) is 2. The lowest BCUT2D eigenvalue weighted by Gasteiger charge is -2.34. The van der Waals surface area contributed by atoms with Crippen molar-refractivity contribution in [1.29, 1.82) is 0 Å². The summed E-state index contributed by atoms with van der Waals surface area (Å²) in [7, 11) is 0. The molecule has 0 bridgehead atoms. The first-order valence-electron chi connectivity index (χ1n) is 7.89. The van der Waals surface area contributed by atoms with Crippen LogP contribution >= 0.6 is 0 Å². The summed E-state index contributed by atoms with van der Waals surface area (Å²) in [6.07, 6.45) is 5.96. The maximum absolute atomic E-state index is 12.6. The highest BCUT2D eigenvalue weighted by Gasteiger charge is 2.47. The molecule has 0 radical (unpaired) electrons. The average Bonchev–Trinajstić information content (AvgIpc) is 3.03. The van der Waals surface area contributed by atoms with Crippen molar-refractivity contribution >= 4 is 17.8 Å². The lowest BCUT2D eigenvalue weighted by Crippen LogP contribution is -2.50. The van der Waals surface area contributed by atoms with E-state index in [-0.39, 0.29) is 24.4 Å². The maximum Gasteiger partial charge on any atom is 0.326 e. The fourth-order valence-corrected chi connectivity index (χ4v) is 4.16. The fraction of sp³-hybridized carbons (Fsp3) is 0.800. The number of carbonyl (C=O) groups excluding carboxylic acids is 2. The quantitative estimate of drug-likeness (QED) is 0.837. The predicted molar refractivity (Wildman–Crippen MR) is 74.4 cm³/mol. The molecule has 3 fully saturated rings. The van der Waals surface area contributed by atoms with Crippen LogP contribution in [-0.2, 0) is 14.4 Å². The van der Waals surface area contributed by atoms with E-state index in [1.807, 2.05) is 0 Å². The fourth-order valence-electron chi connectivity index (χ4n) is 4.16. The Kier molecular flexibility index (Phi) is 3.87. The van der Waals surface area contributed by atoms with Crippen molar-refractivity contribution in [1.82, 2.24) is 9.80 Å². The van der Waals surface area contributed by atoms with Crippen molar-refractivity contribution in [3.8, 4) is 0 Å². The second kappa shape index (κ2) is 5.66. The molecule has 6 nitrogen and oxygen atoms in total. The van der Waals surface area contributed by atoms with Crippen molar-refractivity contribution in [2.75, 3.05) is 13.1 Å². The van der Waals surface area contributed by atoms with Gasteiger partial charge in [-0.3, -0.25) is 9.59 Å². The van der Waals surface area contributed by atoms with E-state index in [4.69, 9.17) is 0 Å². The lowest BCUT2D eigenvalue weighted by atomic mass is 9.85. The molecule has 0 spiro atoms. The highest BCUT2D eigenvalue weighted by Crippen LogP contribution is 2.39. The molecule has 1 aliphatic carbocycles. The molecule has 0 aromatic carbocycles. The Morgan fingerprint density at radius 1 is 1.19 bits per heavy atom. The molecule has 6 heteroatoms. The second-order valence-corrected chi connectivity index (χ2v) is 6.42. The largest absolute Gasteiger partial charge is 0.480 e. The standard InChI is InChI=1S/C15H22N2O4/c18-13-6-3-7-16(13)9-14(19)17-11-5-2-1-4-10(11)8-12(17)15(20)21/h10-12H,1-9H2,(H,20,21)/t10-,11-,12-/m0/s1. The van der Waals surface area contributed by atoms with Gasteiger partial charge in [-0.2, -0.15) is 0 Å². The van der Waals surface area contributed by atoms with Crippen molar-refractivity contribution in [3.05, 3.63) is 0 Å². The van der Waals surface area contributed by atoms with Crippen molar-refractivity contribution in [3.63, 3.8) is 0 Å². The molecule has 0 aromatic rings. The topological polar surface area (TPSA) is 77.9 Å². The van der Waals surface area contributed by atoms with Crippen LogP contribution in [-0.4, -0.2) is 57.9 Å². The molecule has 2 aliphatic heterocycles. The number of rotatable bonds is 3. The first-order valence-corrected chi connectivity index (χ1v) is 7.89. The summed E-state index contributed by atoms with van der Waals surface area (Å²) >= 11 is 0. The number of hydrogen-bond acceptors (Lipinski definition) is 3. The molecule has 0 aromatic heterocycles. The van der Waals surface area contributed by atoms with Crippen LogP contribution in [0.5, 0.6) is 0 Å². The van der Waals surface area contributed by atoms with Crippen LogP contribution in [0, 0.1) is 5.92 Å². The number of hydrogen-bond donors (Lipinski definition) is 1. The number of nitrogens with zero attached hydrogens (tertiary/aromatic N) is 2. The molecule has 21 heavy (non-hydrogen) atoms. The molecule has 3 aliphatic rings. The summed E-state index contributed by atoms with van der Waals surface area (Å²) < 4.78 is 0. The number of carbonyl (C=O) groups is 3. The first kappa shape index (κ1) is 14.4. The van der Waals surface area contributed by atoms with Gasteiger partial charge < -0.3 is 14.9 Å². The van der Waals surface area contributed by atoms with Crippen LogP contribution in [0.4, 0.5) is 0 Å². The van der Waals surface area contributed by atoms with E-state index in [0.29, 0.717) is 25.3 Å². The summed E-state index contributed by atoms with van der Waals surface area (Å²) in [5.41, 5.74) is 0. The van der Waals surface area contributed by atoms with Gasteiger partial charge in [0.2, 0.25) is 11.8 Å². The van der Waals surface area contributed by atoms with Gasteiger partial charge in [-0.25, -0.2) is 4.79 Å². The third-order valence-electron chi connectivity index (χ3n) is 5.16. The van der Waals surface area contributed by atoms with Gasteiger partial charge in [-0.15, -0.1) is 0 Å². The van der Waals surface area contributed by atoms with Gasteiger partial charge in [-0.1, -0.05) is 12.8 Å². The third-order valence-corrected chi connectivity index (χ3v) is 5.16. The van der Waals surface area contributed by atoms with Crippen LogP contribution in [0.25, 0.3) is 0 Å². The van der Waals surface area contributed by atoms with E-state index in [1.165, 1.54) is 0 Å². The number of carboxylic acid groups (broad SMARTS) is 1. The Morgan fingerprint density at radius 2 is 1.95 bits per heavy atom. The molecule has 116 valence electrons. The maximum atomic E-state index is 12.6. The van der Waals surface area contributed by atoms with Gasteiger partial charge in [0.05, 0.1) is 6.54 Å².